The van der Waals surface area contributed by atoms with Gasteiger partial charge in [-0.2, -0.15) is 0 Å². The summed E-state index contributed by atoms with van der Waals surface area (Å²) in [5.41, 5.74) is 1.00. The number of hydrogen-bond donors (Lipinski definition) is 1. The molecule has 0 bridgehead atoms. The van der Waals surface area contributed by atoms with Gasteiger partial charge in [-0.1, -0.05) is 30.3 Å². The average molecular weight is 199 g/mol. The molecule has 76 valence electrons. The van der Waals surface area contributed by atoms with Crippen LogP contribution in [0.1, 0.15) is 12.0 Å². The molecule has 0 aliphatic carbocycles. The van der Waals surface area contributed by atoms with E-state index in [2.05, 4.69) is 11.2 Å². The van der Waals surface area contributed by atoms with Gasteiger partial charge in [-0.05, 0) is 11.6 Å². The topological polar surface area (TPSA) is 29.1 Å². The lowest BCUT2D eigenvalue weighted by Gasteiger charge is -1.97. The van der Waals surface area contributed by atoms with Crippen molar-refractivity contribution in [2.75, 3.05) is 6.54 Å². The highest BCUT2D eigenvalue weighted by atomic mass is 16.1. The van der Waals surface area contributed by atoms with Crippen LogP contribution < -0.4 is 5.32 Å². The fraction of sp³-hybridized carbons (Fsp3) is 0.154. The zero-order chi connectivity index (χ0) is 10.9. The summed E-state index contributed by atoms with van der Waals surface area (Å²) in [6, 6.07) is 9.66. The van der Waals surface area contributed by atoms with Crippen molar-refractivity contribution < 1.29 is 4.79 Å². The Bertz CT molecular complexity index is 373. The molecule has 0 aliphatic heterocycles. The second kappa shape index (κ2) is 6.44. The molecule has 0 heterocycles. The summed E-state index contributed by atoms with van der Waals surface area (Å²) in [6.07, 6.45) is 8.90. The largest absolute Gasteiger partial charge is 0.352 e. The number of nitrogens with one attached hydrogen (secondary N) is 1. The number of carbonyl (C=O) groups is 1. The van der Waals surface area contributed by atoms with E-state index in [0.29, 0.717) is 13.0 Å². The van der Waals surface area contributed by atoms with Gasteiger partial charge in [0.15, 0.2) is 0 Å². The highest BCUT2D eigenvalue weighted by molar-refractivity contribution is 5.91. The van der Waals surface area contributed by atoms with Crippen molar-refractivity contribution in [3.05, 3.63) is 42.0 Å². The van der Waals surface area contributed by atoms with Gasteiger partial charge >= 0.3 is 0 Å². The normalized spacial score (nSPS) is 9.80. The lowest BCUT2D eigenvalue weighted by Crippen LogP contribution is -2.21. The molecule has 0 atom stereocenters. The molecule has 0 saturated carbocycles. The van der Waals surface area contributed by atoms with Crippen LogP contribution in [0, 0.1) is 12.3 Å². The van der Waals surface area contributed by atoms with E-state index < -0.39 is 0 Å². The second-order valence-corrected chi connectivity index (χ2v) is 2.99. The highest BCUT2D eigenvalue weighted by Gasteiger charge is 1.92. The van der Waals surface area contributed by atoms with Gasteiger partial charge in [0.25, 0.3) is 0 Å². The number of terminal acetylenes is 1. The van der Waals surface area contributed by atoms with E-state index in [9.17, 15) is 4.79 Å². The summed E-state index contributed by atoms with van der Waals surface area (Å²) in [4.78, 5) is 11.2. The van der Waals surface area contributed by atoms with Crippen LogP contribution in [0.15, 0.2) is 36.4 Å². The van der Waals surface area contributed by atoms with Crippen molar-refractivity contribution >= 4 is 12.0 Å². The molecule has 0 spiro atoms. The standard InChI is InChI=1S/C13H13NO/c1-2-3-11-14-13(15)10-9-12-7-5-4-6-8-12/h1,4-10H,3,11H2,(H,14,15)/b10-9+. The molecule has 0 aromatic heterocycles. The minimum absolute atomic E-state index is 0.117. The van der Waals surface area contributed by atoms with Gasteiger partial charge in [0, 0.05) is 19.0 Å². The summed E-state index contributed by atoms with van der Waals surface area (Å²) in [5.74, 6) is 2.34. The van der Waals surface area contributed by atoms with Crippen LogP contribution in [0.5, 0.6) is 0 Å². The lowest BCUT2D eigenvalue weighted by molar-refractivity contribution is -0.116. The van der Waals surface area contributed by atoms with Crippen molar-refractivity contribution in [1.82, 2.24) is 5.32 Å². The second-order valence-electron chi connectivity index (χ2n) is 2.99. The first kappa shape index (κ1) is 11.1. The Morgan fingerprint density at radius 3 is 2.80 bits per heavy atom. The predicted molar refractivity (Wildman–Crippen MR) is 61.9 cm³/mol. The molecule has 2 nitrogen and oxygen atoms in total. The molecule has 2 heteroatoms. The van der Waals surface area contributed by atoms with Crippen LogP contribution in [-0.2, 0) is 4.79 Å². The number of carbonyl (C=O) groups excluding carboxylic acids is 1. The number of rotatable bonds is 4. The molecule has 1 aromatic carbocycles. The predicted octanol–water partition coefficient (Wildman–Crippen LogP) is 1.84. The van der Waals surface area contributed by atoms with Gasteiger partial charge in [-0.25, -0.2) is 0 Å². The van der Waals surface area contributed by atoms with Crippen molar-refractivity contribution in [2.45, 2.75) is 6.42 Å². The zero-order valence-electron chi connectivity index (χ0n) is 8.44. The molecule has 0 saturated heterocycles. The Morgan fingerprint density at radius 1 is 1.40 bits per heavy atom. The van der Waals surface area contributed by atoms with Crippen LogP contribution in [0.3, 0.4) is 0 Å². The third-order valence-electron chi connectivity index (χ3n) is 1.80. The van der Waals surface area contributed by atoms with Crippen molar-refractivity contribution in [2.24, 2.45) is 0 Å². The molecule has 1 amide bonds. The molecule has 0 fully saturated rings. The molecular weight excluding hydrogens is 186 g/mol. The van der Waals surface area contributed by atoms with E-state index in [1.165, 1.54) is 6.08 Å². The van der Waals surface area contributed by atoms with E-state index >= 15 is 0 Å². The minimum Gasteiger partial charge on any atom is -0.352 e. The van der Waals surface area contributed by atoms with E-state index in [1.807, 2.05) is 30.3 Å². The quantitative estimate of drug-likeness (QED) is 0.447. The van der Waals surface area contributed by atoms with Crippen LogP contribution >= 0.6 is 0 Å². The first-order valence-corrected chi connectivity index (χ1v) is 4.77. The maximum atomic E-state index is 11.2. The summed E-state index contributed by atoms with van der Waals surface area (Å²) in [7, 11) is 0. The van der Waals surface area contributed by atoms with Crippen LogP contribution in [0.2, 0.25) is 0 Å². The maximum absolute atomic E-state index is 11.2. The van der Waals surface area contributed by atoms with Gasteiger partial charge < -0.3 is 5.32 Å². The van der Waals surface area contributed by atoms with Gasteiger partial charge in [0.1, 0.15) is 0 Å². The summed E-state index contributed by atoms with van der Waals surface area (Å²) in [5, 5.41) is 2.69. The highest BCUT2D eigenvalue weighted by Crippen LogP contribution is 2.00. The van der Waals surface area contributed by atoms with Crippen molar-refractivity contribution in [3.8, 4) is 12.3 Å². The summed E-state index contributed by atoms with van der Waals surface area (Å²) < 4.78 is 0. The smallest absolute Gasteiger partial charge is 0.244 e. The maximum Gasteiger partial charge on any atom is 0.244 e. The van der Waals surface area contributed by atoms with Crippen LogP contribution in [0.25, 0.3) is 6.08 Å². The minimum atomic E-state index is -0.117. The monoisotopic (exact) mass is 199 g/mol. The van der Waals surface area contributed by atoms with Crippen molar-refractivity contribution in [1.29, 1.82) is 0 Å². The van der Waals surface area contributed by atoms with Gasteiger partial charge in [0.05, 0.1) is 0 Å². The summed E-state index contributed by atoms with van der Waals surface area (Å²) in [6.45, 7) is 0.522. The first-order valence-electron chi connectivity index (χ1n) is 4.77. The van der Waals surface area contributed by atoms with Crippen LogP contribution in [-0.4, -0.2) is 12.5 Å². The zero-order valence-corrected chi connectivity index (χ0v) is 8.44. The molecule has 1 rings (SSSR count). The van der Waals surface area contributed by atoms with Gasteiger partial charge in [0.2, 0.25) is 5.91 Å². The molecule has 0 aliphatic rings. The van der Waals surface area contributed by atoms with E-state index in [0.717, 1.165) is 5.56 Å². The summed E-state index contributed by atoms with van der Waals surface area (Å²) >= 11 is 0. The van der Waals surface area contributed by atoms with Crippen molar-refractivity contribution in [3.63, 3.8) is 0 Å². The number of hydrogen-bond acceptors (Lipinski definition) is 1. The van der Waals surface area contributed by atoms with E-state index in [-0.39, 0.29) is 5.91 Å². The Balaban J connectivity index is 2.38. The van der Waals surface area contributed by atoms with Gasteiger partial charge in [-0.3, -0.25) is 4.79 Å². The Kier molecular flexibility index (Phi) is 4.75. The Hall–Kier alpha value is -2.01. The van der Waals surface area contributed by atoms with E-state index in [1.54, 1.807) is 6.08 Å². The Morgan fingerprint density at radius 2 is 2.13 bits per heavy atom. The molecule has 1 N–H and O–H groups in total. The third-order valence-corrected chi connectivity index (χ3v) is 1.80. The average Bonchev–Trinajstić information content (AvgIpc) is 2.28. The first-order chi connectivity index (χ1) is 7.33. The molecule has 0 radical (unpaired) electrons. The lowest BCUT2D eigenvalue weighted by atomic mass is 10.2. The molecule has 1 aromatic rings. The fourth-order valence-corrected chi connectivity index (χ4v) is 1.05. The fourth-order valence-electron chi connectivity index (χ4n) is 1.05. The molecule has 0 unspecified atom stereocenters. The van der Waals surface area contributed by atoms with Crippen LogP contribution in [0.4, 0.5) is 0 Å². The van der Waals surface area contributed by atoms with E-state index in [4.69, 9.17) is 6.42 Å². The third kappa shape index (κ3) is 4.68. The Labute approximate surface area is 90.0 Å². The molecule has 15 heavy (non-hydrogen) atoms. The SMILES string of the molecule is C#CCCNC(=O)/C=C/c1ccccc1. The number of amides is 1. The van der Waals surface area contributed by atoms with Gasteiger partial charge in [-0.15, -0.1) is 12.3 Å². The number of benzene rings is 1. The molecular formula is C13H13NO.